The molecule has 2 amide bonds. The van der Waals surface area contributed by atoms with E-state index in [-0.39, 0.29) is 11.4 Å². The maximum atomic E-state index is 12.7. The van der Waals surface area contributed by atoms with Crippen LogP contribution in [0.5, 0.6) is 0 Å². The van der Waals surface area contributed by atoms with Gasteiger partial charge >= 0.3 is 6.03 Å². The fraction of sp³-hybridized carbons (Fsp3) is 0.259. The predicted molar refractivity (Wildman–Crippen MR) is 131 cm³/mol. The Morgan fingerprint density at radius 2 is 1.59 bits per heavy atom. The zero-order valence-electron chi connectivity index (χ0n) is 19.1. The third-order valence-corrected chi connectivity index (χ3v) is 5.14. The van der Waals surface area contributed by atoms with Gasteiger partial charge in [-0.15, -0.1) is 0 Å². The Morgan fingerprint density at radius 1 is 0.906 bits per heavy atom. The van der Waals surface area contributed by atoms with Crippen molar-refractivity contribution in [3.63, 3.8) is 0 Å². The molecule has 2 N–H and O–H groups in total. The number of carbonyl (C=O) groups is 1. The molecule has 0 aliphatic rings. The minimum absolute atomic E-state index is 0.167. The summed E-state index contributed by atoms with van der Waals surface area (Å²) in [5.74, 6) is 0. The van der Waals surface area contributed by atoms with E-state index in [9.17, 15) is 10.1 Å². The molecule has 3 aromatic rings. The normalized spacial score (nSPS) is 11.1. The monoisotopic (exact) mass is 426 g/mol. The lowest BCUT2D eigenvalue weighted by Crippen LogP contribution is -2.23. The lowest BCUT2D eigenvalue weighted by atomic mass is 9.85. The molecule has 0 aromatic heterocycles. The fourth-order valence-electron chi connectivity index (χ4n) is 3.67. The van der Waals surface area contributed by atoms with E-state index >= 15 is 0 Å². The first kappa shape index (κ1) is 23.1. The first-order chi connectivity index (χ1) is 15.2. The molecule has 3 aromatic carbocycles. The average molecular weight is 427 g/mol. The van der Waals surface area contributed by atoms with Crippen LogP contribution in [-0.2, 0) is 18.5 Å². The van der Waals surface area contributed by atoms with Gasteiger partial charge in [-0.25, -0.2) is 4.79 Å². The van der Waals surface area contributed by atoms with Crippen LogP contribution in [0.2, 0.25) is 0 Å². The van der Waals surface area contributed by atoms with E-state index in [2.05, 4.69) is 67.6 Å². The molecule has 5 nitrogen and oxygen atoms in total. The first-order valence-corrected chi connectivity index (χ1v) is 10.7. The minimum atomic E-state index is -0.333. The fourth-order valence-corrected chi connectivity index (χ4v) is 3.67. The molecule has 0 unspecified atom stereocenters. The van der Waals surface area contributed by atoms with Gasteiger partial charge in [0, 0.05) is 24.5 Å². The summed E-state index contributed by atoms with van der Waals surface area (Å²) in [5, 5.41) is 15.1. The van der Waals surface area contributed by atoms with E-state index in [1.54, 1.807) is 12.1 Å². The quantitative estimate of drug-likeness (QED) is 0.498. The van der Waals surface area contributed by atoms with Gasteiger partial charge in [0.2, 0.25) is 0 Å². The minimum Gasteiger partial charge on any atom is -0.308 e. The smallest absolute Gasteiger partial charge is 0.308 e. The van der Waals surface area contributed by atoms with Crippen LogP contribution in [0.1, 0.15) is 43.0 Å². The van der Waals surface area contributed by atoms with E-state index < -0.39 is 0 Å². The second kappa shape index (κ2) is 10.1. The van der Waals surface area contributed by atoms with Crippen LogP contribution < -0.4 is 10.6 Å². The van der Waals surface area contributed by atoms with E-state index in [0.717, 1.165) is 29.9 Å². The Labute approximate surface area is 190 Å². The van der Waals surface area contributed by atoms with Crippen LogP contribution >= 0.6 is 0 Å². The molecule has 0 fully saturated rings. The number of nitriles is 1. The lowest BCUT2D eigenvalue weighted by molar-refractivity contribution is 0.262. The largest absolute Gasteiger partial charge is 0.323 e. The molecule has 0 aliphatic heterocycles. The van der Waals surface area contributed by atoms with Gasteiger partial charge in [0.15, 0.2) is 0 Å². The molecule has 0 spiro atoms. The van der Waals surface area contributed by atoms with Crippen LogP contribution in [0.25, 0.3) is 0 Å². The van der Waals surface area contributed by atoms with Crippen molar-refractivity contribution in [3.8, 4) is 6.07 Å². The summed E-state index contributed by atoms with van der Waals surface area (Å²) in [6, 6.07) is 25.4. The van der Waals surface area contributed by atoms with Gasteiger partial charge in [0.1, 0.15) is 0 Å². The topological polar surface area (TPSA) is 68.2 Å². The van der Waals surface area contributed by atoms with Gasteiger partial charge in [0.05, 0.1) is 11.6 Å². The molecule has 0 saturated heterocycles. The summed E-state index contributed by atoms with van der Waals surface area (Å²) in [4.78, 5) is 15.0. The molecule has 164 valence electrons. The van der Waals surface area contributed by atoms with Gasteiger partial charge < -0.3 is 10.6 Å². The van der Waals surface area contributed by atoms with Crippen molar-refractivity contribution in [3.05, 3.63) is 95.1 Å². The molecule has 0 heterocycles. The maximum absolute atomic E-state index is 12.7. The summed E-state index contributed by atoms with van der Waals surface area (Å²) >= 11 is 0. The number of amides is 2. The number of nitrogens with zero attached hydrogens (tertiary/aromatic N) is 2. The van der Waals surface area contributed by atoms with Crippen molar-refractivity contribution >= 4 is 17.4 Å². The maximum Gasteiger partial charge on any atom is 0.323 e. The van der Waals surface area contributed by atoms with Crippen LogP contribution in [-0.4, -0.2) is 18.0 Å². The highest BCUT2D eigenvalue weighted by Crippen LogP contribution is 2.30. The molecular weight excluding hydrogens is 396 g/mol. The van der Waals surface area contributed by atoms with Gasteiger partial charge in [-0.3, -0.25) is 4.90 Å². The highest BCUT2D eigenvalue weighted by Gasteiger charge is 2.19. The summed E-state index contributed by atoms with van der Waals surface area (Å²) in [5.41, 5.74) is 5.06. The standard InChI is InChI=1S/C27H30N4O/c1-27(2,3)24-14-13-21(17-28)16-25(24)30-26(32)29-23-12-8-11-22(15-23)19-31(4)18-20-9-6-5-7-10-20/h5-16H,18-19H2,1-4H3,(H2,29,30,32). The van der Waals surface area contributed by atoms with Crippen LogP contribution in [0.15, 0.2) is 72.8 Å². The molecular formula is C27H30N4O. The Kier molecular flexibility index (Phi) is 7.29. The summed E-state index contributed by atoms with van der Waals surface area (Å²) in [7, 11) is 2.08. The lowest BCUT2D eigenvalue weighted by Gasteiger charge is -2.23. The van der Waals surface area contributed by atoms with Gasteiger partial charge in [-0.05, 0) is 53.4 Å². The Morgan fingerprint density at radius 3 is 2.28 bits per heavy atom. The van der Waals surface area contributed by atoms with E-state index in [1.807, 2.05) is 42.5 Å². The molecule has 3 rings (SSSR count). The van der Waals surface area contributed by atoms with Gasteiger partial charge in [-0.2, -0.15) is 5.26 Å². The SMILES string of the molecule is CN(Cc1ccccc1)Cc1cccc(NC(=O)Nc2cc(C#N)ccc2C(C)(C)C)c1. The number of anilines is 2. The summed E-state index contributed by atoms with van der Waals surface area (Å²) < 4.78 is 0. The zero-order chi connectivity index (χ0) is 23.1. The first-order valence-electron chi connectivity index (χ1n) is 10.7. The number of rotatable bonds is 6. The molecule has 0 bridgehead atoms. The molecule has 0 atom stereocenters. The Hall–Kier alpha value is -3.62. The highest BCUT2D eigenvalue weighted by molar-refractivity contribution is 6.00. The third-order valence-electron chi connectivity index (χ3n) is 5.14. The van der Waals surface area contributed by atoms with Crippen molar-refractivity contribution in [2.75, 3.05) is 17.7 Å². The Balaban J connectivity index is 1.67. The average Bonchev–Trinajstić information content (AvgIpc) is 2.73. The van der Waals surface area contributed by atoms with Crippen molar-refractivity contribution < 1.29 is 4.79 Å². The summed E-state index contributed by atoms with van der Waals surface area (Å²) in [6.45, 7) is 7.85. The predicted octanol–water partition coefficient (Wildman–Crippen LogP) is 6.13. The molecule has 32 heavy (non-hydrogen) atoms. The van der Waals surface area contributed by atoms with E-state index in [0.29, 0.717) is 11.3 Å². The number of benzene rings is 3. The van der Waals surface area contributed by atoms with Crippen molar-refractivity contribution in [1.82, 2.24) is 4.90 Å². The van der Waals surface area contributed by atoms with E-state index in [4.69, 9.17) is 0 Å². The Bertz CT molecular complexity index is 1110. The molecule has 0 aliphatic carbocycles. The van der Waals surface area contributed by atoms with Crippen LogP contribution in [0.4, 0.5) is 16.2 Å². The third kappa shape index (κ3) is 6.44. The second-order valence-electron chi connectivity index (χ2n) is 9.06. The molecule has 5 heteroatoms. The zero-order valence-corrected chi connectivity index (χ0v) is 19.1. The van der Waals surface area contributed by atoms with Crippen LogP contribution in [0.3, 0.4) is 0 Å². The van der Waals surface area contributed by atoms with Gasteiger partial charge in [-0.1, -0.05) is 69.3 Å². The number of carbonyl (C=O) groups excluding carboxylic acids is 1. The van der Waals surface area contributed by atoms with Crippen molar-refractivity contribution in [2.45, 2.75) is 39.3 Å². The number of urea groups is 1. The van der Waals surface area contributed by atoms with Crippen molar-refractivity contribution in [2.24, 2.45) is 0 Å². The number of hydrogen-bond donors (Lipinski definition) is 2. The second-order valence-corrected chi connectivity index (χ2v) is 9.06. The van der Waals surface area contributed by atoms with Gasteiger partial charge in [0.25, 0.3) is 0 Å². The van der Waals surface area contributed by atoms with Crippen LogP contribution in [0, 0.1) is 11.3 Å². The van der Waals surface area contributed by atoms with E-state index in [1.165, 1.54) is 5.56 Å². The highest BCUT2D eigenvalue weighted by atomic mass is 16.2. The summed E-state index contributed by atoms with van der Waals surface area (Å²) in [6.07, 6.45) is 0. The van der Waals surface area contributed by atoms with Crippen molar-refractivity contribution in [1.29, 1.82) is 5.26 Å². The number of hydrogen-bond acceptors (Lipinski definition) is 3. The molecule has 0 radical (unpaired) electrons. The molecule has 0 saturated carbocycles. The number of nitrogens with one attached hydrogen (secondary N) is 2.